The van der Waals surface area contributed by atoms with Crippen molar-refractivity contribution < 1.29 is 9.13 Å². The van der Waals surface area contributed by atoms with Gasteiger partial charge in [-0.05, 0) is 13.0 Å². The maximum absolute atomic E-state index is 12.6. The lowest BCUT2D eigenvalue weighted by Crippen LogP contribution is -1.92. The van der Waals surface area contributed by atoms with Crippen molar-refractivity contribution in [2.24, 2.45) is 0 Å². The van der Waals surface area contributed by atoms with E-state index >= 15 is 0 Å². The minimum absolute atomic E-state index is 0.285. The molecule has 0 aliphatic heterocycles. The molecule has 54 valence electrons. The fourth-order valence-corrected chi connectivity index (χ4v) is 0.700. The summed E-state index contributed by atoms with van der Waals surface area (Å²) in [5.74, 6) is 0.0619. The van der Waals surface area contributed by atoms with Gasteiger partial charge in [0.25, 0.3) is 0 Å². The van der Waals surface area contributed by atoms with Gasteiger partial charge in [-0.2, -0.15) is 0 Å². The maximum Gasteiger partial charge on any atom is 0.218 e. The molecule has 0 aromatic carbocycles. The van der Waals surface area contributed by atoms with Gasteiger partial charge >= 0.3 is 0 Å². The molecule has 0 bridgehead atoms. The van der Waals surface area contributed by atoms with E-state index in [0.29, 0.717) is 11.4 Å². The standard InChI is InChI=1S/C7H8FNO/c1-5-6(8)3-4-9-7(5)10-2/h3-4H,1-2H3. The molecule has 1 aromatic rings. The number of nitrogens with zero attached hydrogens (tertiary/aromatic N) is 1. The van der Waals surface area contributed by atoms with Crippen LogP contribution in [0.5, 0.6) is 5.88 Å². The van der Waals surface area contributed by atoms with Crippen molar-refractivity contribution in [1.82, 2.24) is 4.98 Å². The van der Waals surface area contributed by atoms with Crippen molar-refractivity contribution in [1.29, 1.82) is 0 Å². The minimum atomic E-state index is -0.285. The lowest BCUT2D eigenvalue weighted by Gasteiger charge is -2.01. The Labute approximate surface area is 58.7 Å². The zero-order valence-electron chi connectivity index (χ0n) is 5.89. The highest BCUT2D eigenvalue weighted by atomic mass is 19.1. The van der Waals surface area contributed by atoms with E-state index in [9.17, 15) is 4.39 Å². The topological polar surface area (TPSA) is 22.1 Å². The van der Waals surface area contributed by atoms with E-state index in [-0.39, 0.29) is 5.82 Å². The van der Waals surface area contributed by atoms with Crippen LogP contribution in [-0.2, 0) is 0 Å². The van der Waals surface area contributed by atoms with E-state index in [0.717, 1.165) is 0 Å². The number of hydrogen-bond donors (Lipinski definition) is 0. The fraction of sp³-hybridized carbons (Fsp3) is 0.286. The second-order valence-electron chi connectivity index (χ2n) is 1.93. The summed E-state index contributed by atoms with van der Waals surface area (Å²) >= 11 is 0. The van der Waals surface area contributed by atoms with Gasteiger partial charge in [0.15, 0.2) is 0 Å². The van der Waals surface area contributed by atoms with Crippen LogP contribution >= 0.6 is 0 Å². The predicted molar refractivity (Wildman–Crippen MR) is 35.5 cm³/mol. The van der Waals surface area contributed by atoms with Crippen molar-refractivity contribution in [3.63, 3.8) is 0 Å². The van der Waals surface area contributed by atoms with E-state index < -0.39 is 0 Å². The van der Waals surface area contributed by atoms with E-state index in [1.807, 2.05) is 0 Å². The number of halogens is 1. The Hall–Kier alpha value is -1.12. The second-order valence-corrected chi connectivity index (χ2v) is 1.93. The molecule has 2 nitrogen and oxygen atoms in total. The van der Waals surface area contributed by atoms with Crippen molar-refractivity contribution in [3.8, 4) is 5.88 Å². The monoisotopic (exact) mass is 141 g/mol. The maximum atomic E-state index is 12.6. The molecule has 0 aliphatic carbocycles. The third-order valence-corrected chi connectivity index (χ3v) is 1.29. The molecule has 0 fully saturated rings. The molecular formula is C7H8FNO. The lowest BCUT2D eigenvalue weighted by atomic mass is 10.3. The van der Waals surface area contributed by atoms with Gasteiger partial charge in [0.05, 0.1) is 7.11 Å². The molecule has 0 spiro atoms. The Bertz CT molecular complexity index is 237. The molecule has 0 radical (unpaired) electrons. The first-order valence-corrected chi connectivity index (χ1v) is 2.91. The van der Waals surface area contributed by atoms with Gasteiger partial charge in [0.1, 0.15) is 5.82 Å². The van der Waals surface area contributed by atoms with E-state index in [2.05, 4.69) is 4.98 Å². The first-order chi connectivity index (χ1) is 4.75. The first kappa shape index (κ1) is 6.99. The van der Waals surface area contributed by atoms with Gasteiger partial charge in [-0.3, -0.25) is 0 Å². The Morgan fingerprint density at radius 1 is 1.60 bits per heavy atom. The summed E-state index contributed by atoms with van der Waals surface area (Å²) in [6, 6.07) is 1.30. The largest absolute Gasteiger partial charge is 0.481 e. The van der Waals surface area contributed by atoms with Crippen molar-refractivity contribution >= 4 is 0 Å². The van der Waals surface area contributed by atoms with Crippen LogP contribution in [0.3, 0.4) is 0 Å². The molecule has 0 aliphatic rings. The summed E-state index contributed by atoms with van der Waals surface area (Å²) in [6.07, 6.45) is 1.38. The number of methoxy groups -OCH3 is 1. The molecule has 0 N–H and O–H groups in total. The molecule has 0 atom stereocenters. The normalized spacial score (nSPS) is 9.50. The molecule has 0 amide bonds. The summed E-state index contributed by atoms with van der Waals surface area (Å²) in [5, 5.41) is 0. The van der Waals surface area contributed by atoms with Crippen molar-refractivity contribution in [2.45, 2.75) is 6.92 Å². The summed E-state index contributed by atoms with van der Waals surface area (Å²) in [7, 11) is 1.47. The SMILES string of the molecule is COc1nccc(F)c1C. The van der Waals surface area contributed by atoms with Crippen LogP contribution in [-0.4, -0.2) is 12.1 Å². The van der Waals surface area contributed by atoms with Crippen LogP contribution in [0.15, 0.2) is 12.3 Å². The van der Waals surface area contributed by atoms with Gasteiger partial charge in [-0.1, -0.05) is 0 Å². The average molecular weight is 141 g/mol. The second kappa shape index (κ2) is 2.64. The van der Waals surface area contributed by atoms with Crippen LogP contribution in [0.2, 0.25) is 0 Å². The fourth-order valence-electron chi connectivity index (χ4n) is 0.700. The third-order valence-electron chi connectivity index (χ3n) is 1.29. The highest BCUT2D eigenvalue weighted by Crippen LogP contribution is 2.15. The van der Waals surface area contributed by atoms with Crippen LogP contribution in [0.4, 0.5) is 4.39 Å². The number of hydrogen-bond acceptors (Lipinski definition) is 2. The molecule has 0 saturated carbocycles. The first-order valence-electron chi connectivity index (χ1n) is 2.91. The van der Waals surface area contributed by atoms with Crippen LogP contribution in [0.1, 0.15) is 5.56 Å². The summed E-state index contributed by atoms with van der Waals surface area (Å²) in [5.41, 5.74) is 0.449. The zero-order chi connectivity index (χ0) is 7.56. The Balaban J connectivity index is 3.14. The molecule has 0 unspecified atom stereocenters. The Morgan fingerprint density at radius 3 is 2.80 bits per heavy atom. The molecule has 10 heavy (non-hydrogen) atoms. The van der Waals surface area contributed by atoms with Gasteiger partial charge in [0, 0.05) is 11.8 Å². The predicted octanol–water partition coefficient (Wildman–Crippen LogP) is 1.54. The number of pyridine rings is 1. The van der Waals surface area contributed by atoms with Gasteiger partial charge in [-0.15, -0.1) is 0 Å². The third kappa shape index (κ3) is 1.07. The van der Waals surface area contributed by atoms with Crippen LogP contribution in [0.25, 0.3) is 0 Å². The Kier molecular flexibility index (Phi) is 1.85. The average Bonchev–Trinajstić information content (AvgIpc) is 1.95. The molecular weight excluding hydrogens is 133 g/mol. The van der Waals surface area contributed by atoms with Crippen LogP contribution < -0.4 is 4.74 Å². The summed E-state index contributed by atoms with van der Waals surface area (Å²) in [4.78, 5) is 3.80. The Morgan fingerprint density at radius 2 is 2.30 bits per heavy atom. The molecule has 1 aromatic heterocycles. The lowest BCUT2D eigenvalue weighted by molar-refractivity contribution is 0.389. The number of ether oxygens (including phenoxy) is 1. The van der Waals surface area contributed by atoms with Crippen LogP contribution in [0, 0.1) is 12.7 Å². The highest BCUT2D eigenvalue weighted by Gasteiger charge is 2.02. The smallest absolute Gasteiger partial charge is 0.218 e. The van der Waals surface area contributed by atoms with E-state index in [4.69, 9.17) is 4.74 Å². The van der Waals surface area contributed by atoms with Gasteiger partial charge in [-0.25, -0.2) is 9.37 Å². The van der Waals surface area contributed by atoms with Crippen molar-refractivity contribution in [2.75, 3.05) is 7.11 Å². The molecule has 1 heterocycles. The molecule has 0 saturated heterocycles. The highest BCUT2D eigenvalue weighted by molar-refractivity contribution is 5.24. The van der Waals surface area contributed by atoms with Gasteiger partial charge < -0.3 is 4.74 Å². The number of aromatic nitrogens is 1. The summed E-state index contributed by atoms with van der Waals surface area (Å²) in [6.45, 7) is 1.63. The number of rotatable bonds is 1. The van der Waals surface area contributed by atoms with Gasteiger partial charge in [0.2, 0.25) is 5.88 Å². The van der Waals surface area contributed by atoms with E-state index in [1.165, 1.54) is 19.4 Å². The molecule has 1 rings (SSSR count). The zero-order valence-corrected chi connectivity index (χ0v) is 5.89. The summed E-state index contributed by atoms with van der Waals surface area (Å²) < 4.78 is 17.4. The quantitative estimate of drug-likeness (QED) is 0.591. The van der Waals surface area contributed by atoms with E-state index in [1.54, 1.807) is 6.92 Å². The molecule has 3 heteroatoms. The van der Waals surface area contributed by atoms with Crippen molar-refractivity contribution in [3.05, 3.63) is 23.6 Å². The minimum Gasteiger partial charge on any atom is -0.481 e.